The largest absolute Gasteiger partial charge is 0.368 e. The first-order valence-electron chi connectivity index (χ1n) is 7.88. The summed E-state index contributed by atoms with van der Waals surface area (Å²) in [6.45, 7) is 10.3. The van der Waals surface area contributed by atoms with Crippen LogP contribution in [-0.2, 0) is 24.2 Å². The minimum Gasteiger partial charge on any atom is -0.368 e. The van der Waals surface area contributed by atoms with Gasteiger partial charge in [-0.15, -0.1) is 10.2 Å². The van der Waals surface area contributed by atoms with E-state index in [4.69, 9.17) is 9.26 Å². The van der Waals surface area contributed by atoms with Gasteiger partial charge in [0.1, 0.15) is 18.2 Å². The second-order valence-electron chi connectivity index (χ2n) is 5.59. The van der Waals surface area contributed by atoms with Crippen LogP contribution in [-0.4, -0.2) is 44.5 Å². The van der Waals surface area contributed by atoms with Gasteiger partial charge in [0.2, 0.25) is 0 Å². The normalized spacial score (nSPS) is 19.7. The van der Waals surface area contributed by atoms with Crippen LogP contribution in [0.25, 0.3) is 0 Å². The van der Waals surface area contributed by atoms with Crippen molar-refractivity contribution in [1.29, 1.82) is 0 Å². The Kier molecular flexibility index (Phi) is 4.54. The fraction of sp³-hybridized carbons (Fsp3) is 0.667. The zero-order valence-electron chi connectivity index (χ0n) is 13.4. The Balaban J connectivity index is 1.72. The number of aryl methyl sites for hydroxylation is 3. The quantitative estimate of drug-likeness (QED) is 0.838. The third-order valence-corrected chi connectivity index (χ3v) is 4.21. The van der Waals surface area contributed by atoms with Crippen LogP contribution in [0.3, 0.4) is 0 Å². The zero-order valence-corrected chi connectivity index (χ0v) is 13.4. The van der Waals surface area contributed by atoms with E-state index in [1.54, 1.807) is 6.33 Å². The van der Waals surface area contributed by atoms with Gasteiger partial charge >= 0.3 is 0 Å². The van der Waals surface area contributed by atoms with E-state index in [0.717, 1.165) is 49.9 Å². The van der Waals surface area contributed by atoms with Gasteiger partial charge in [-0.3, -0.25) is 4.90 Å². The van der Waals surface area contributed by atoms with Crippen molar-refractivity contribution in [1.82, 2.24) is 24.8 Å². The van der Waals surface area contributed by atoms with Crippen LogP contribution in [0.1, 0.15) is 42.8 Å². The molecule has 1 aliphatic rings. The van der Waals surface area contributed by atoms with Crippen LogP contribution >= 0.6 is 0 Å². The summed E-state index contributed by atoms with van der Waals surface area (Å²) in [6.07, 6.45) is 2.63. The van der Waals surface area contributed by atoms with Crippen molar-refractivity contribution in [2.24, 2.45) is 0 Å². The lowest BCUT2D eigenvalue weighted by Gasteiger charge is -2.32. The molecule has 1 aliphatic heterocycles. The SMILES string of the molecule is CCc1noc(C)c1CN1CCO[C@@H](c2nncn2CC)C1. The summed E-state index contributed by atoms with van der Waals surface area (Å²) in [5.74, 6) is 1.82. The molecular formula is C15H23N5O2. The highest BCUT2D eigenvalue weighted by Crippen LogP contribution is 2.23. The van der Waals surface area contributed by atoms with Crippen LogP contribution < -0.4 is 0 Å². The van der Waals surface area contributed by atoms with Gasteiger partial charge in [0.25, 0.3) is 0 Å². The molecule has 1 fully saturated rings. The van der Waals surface area contributed by atoms with Gasteiger partial charge in [-0.1, -0.05) is 12.1 Å². The summed E-state index contributed by atoms with van der Waals surface area (Å²) in [6, 6.07) is 0. The summed E-state index contributed by atoms with van der Waals surface area (Å²) in [4.78, 5) is 2.38. The Morgan fingerprint density at radius 2 is 2.23 bits per heavy atom. The summed E-state index contributed by atoms with van der Waals surface area (Å²) in [5.41, 5.74) is 2.26. The summed E-state index contributed by atoms with van der Waals surface area (Å²) in [5, 5.41) is 12.4. The number of hydrogen-bond donors (Lipinski definition) is 0. The number of rotatable bonds is 5. The molecule has 0 radical (unpaired) electrons. The summed E-state index contributed by atoms with van der Waals surface area (Å²) >= 11 is 0. The average molecular weight is 305 g/mol. The van der Waals surface area contributed by atoms with E-state index in [-0.39, 0.29) is 6.10 Å². The lowest BCUT2D eigenvalue weighted by atomic mass is 10.1. The molecule has 0 unspecified atom stereocenters. The fourth-order valence-corrected chi connectivity index (χ4v) is 2.90. The van der Waals surface area contributed by atoms with Crippen molar-refractivity contribution in [3.63, 3.8) is 0 Å². The first kappa shape index (κ1) is 15.2. The molecule has 3 rings (SSSR count). The van der Waals surface area contributed by atoms with Gasteiger partial charge in [-0.2, -0.15) is 0 Å². The topological polar surface area (TPSA) is 69.2 Å². The van der Waals surface area contributed by atoms with Crippen molar-refractivity contribution in [2.75, 3.05) is 19.7 Å². The molecule has 0 spiro atoms. The molecule has 0 aromatic carbocycles. The van der Waals surface area contributed by atoms with Crippen LogP contribution in [0, 0.1) is 6.92 Å². The Bertz CT molecular complexity index is 621. The molecule has 120 valence electrons. The molecule has 3 heterocycles. The smallest absolute Gasteiger partial charge is 0.163 e. The Morgan fingerprint density at radius 1 is 1.36 bits per heavy atom. The predicted molar refractivity (Wildman–Crippen MR) is 80.3 cm³/mol. The molecule has 22 heavy (non-hydrogen) atoms. The van der Waals surface area contributed by atoms with Gasteiger partial charge in [0.05, 0.1) is 12.3 Å². The first-order chi connectivity index (χ1) is 10.7. The average Bonchev–Trinajstić information content (AvgIpc) is 3.15. The van der Waals surface area contributed by atoms with E-state index in [1.807, 2.05) is 11.5 Å². The maximum Gasteiger partial charge on any atom is 0.163 e. The molecule has 0 bridgehead atoms. The van der Waals surface area contributed by atoms with Gasteiger partial charge < -0.3 is 13.8 Å². The minimum absolute atomic E-state index is 0.0264. The molecule has 2 aromatic rings. The van der Waals surface area contributed by atoms with E-state index in [0.29, 0.717) is 6.61 Å². The molecule has 2 aromatic heterocycles. The maximum absolute atomic E-state index is 5.90. The number of aromatic nitrogens is 4. The molecule has 0 aliphatic carbocycles. The lowest BCUT2D eigenvalue weighted by Crippen LogP contribution is -2.39. The summed E-state index contributed by atoms with van der Waals surface area (Å²) < 4.78 is 13.3. The summed E-state index contributed by atoms with van der Waals surface area (Å²) in [7, 11) is 0. The molecule has 7 heteroatoms. The maximum atomic E-state index is 5.90. The molecule has 0 saturated carbocycles. The molecule has 0 amide bonds. The monoisotopic (exact) mass is 305 g/mol. The first-order valence-corrected chi connectivity index (χ1v) is 7.88. The van der Waals surface area contributed by atoms with Crippen molar-refractivity contribution in [2.45, 2.75) is 46.4 Å². The second-order valence-corrected chi connectivity index (χ2v) is 5.59. The van der Waals surface area contributed by atoms with E-state index in [9.17, 15) is 0 Å². The van der Waals surface area contributed by atoms with Gasteiger partial charge in [-0.05, 0) is 20.3 Å². The number of hydrogen-bond acceptors (Lipinski definition) is 6. The highest BCUT2D eigenvalue weighted by molar-refractivity contribution is 5.22. The predicted octanol–water partition coefficient (Wildman–Crippen LogP) is 1.73. The highest BCUT2D eigenvalue weighted by Gasteiger charge is 2.27. The van der Waals surface area contributed by atoms with Crippen LogP contribution in [0.15, 0.2) is 10.9 Å². The van der Waals surface area contributed by atoms with Crippen molar-refractivity contribution in [3.05, 3.63) is 29.2 Å². The lowest BCUT2D eigenvalue weighted by molar-refractivity contribution is -0.0390. The van der Waals surface area contributed by atoms with Crippen LogP contribution in [0.2, 0.25) is 0 Å². The highest BCUT2D eigenvalue weighted by atomic mass is 16.5. The van der Waals surface area contributed by atoms with E-state index in [1.165, 1.54) is 5.56 Å². The third-order valence-electron chi connectivity index (χ3n) is 4.21. The van der Waals surface area contributed by atoms with Crippen LogP contribution in [0.4, 0.5) is 0 Å². The van der Waals surface area contributed by atoms with Gasteiger partial charge in [0.15, 0.2) is 5.82 Å². The molecule has 1 atom stereocenters. The van der Waals surface area contributed by atoms with Crippen molar-refractivity contribution in [3.8, 4) is 0 Å². The molecular weight excluding hydrogens is 282 g/mol. The van der Waals surface area contributed by atoms with E-state index < -0.39 is 0 Å². The standard InChI is InChI=1S/C15H23N5O2/c1-4-13-12(11(3)22-18-13)8-19-6-7-21-14(9-19)15-17-16-10-20(15)5-2/h10,14H,4-9H2,1-3H3/t14-/m1/s1. The Hall–Kier alpha value is -1.73. The molecule has 7 nitrogen and oxygen atoms in total. The van der Waals surface area contributed by atoms with E-state index >= 15 is 0 Å². The second kappa shape index (κ2) is 6.58. The minimum atomic E-state index is -0.0264. The Morgan fingerprint density at radius 3 is 3.00 bits per heavy atom. The van der Waals surface area contributed by atoms with Gasteiger partial charge in [-0.25, -0.2) is 0 Å². The number of ether oxygens (including phenoxy) is 1. The van der Waals surface area contributed by atoms with Crippen molar-refractivity contribution < 1.29 is 9.26 Å². The van der Waals surface area contributed by atoms with Crippen LogP contribution in [0.5, 0.6) is 0 Å². The third kappa shape index (κ3) is 2.91. The Labute approximate surface area is 130 Å². The number of nitrogens with zero attached hydrogens (tertiary/aromatic N) is 5. The van der Waals surface area contributed by atoms with Gasteiger partial charge in [0, 0.05) is 31.7 Å². The number of morpholine rings is 1. The van der Waals surface area contributed by atoms with E-state index in [2.05, 4.69) is 34.1 Å². The molecule has 0 N–H and O–H groups in total. The van der Waals surface area contributed by atoms with Crippen molar-refractivity contribution >= 4 is 0 Å². The zero-order chi connectivity index (χ0) is 15.5. The fourth-order valence-electron chi connectivity index (χ4n) is 2.90. The molecule has 1 saturated heterocycles.